The van der Waals surface area contributed by atoms with Crippen molar-refractivity contribution in [3.8, 4) is 11.5 Å². The summed E-state index contributed by atoms with van der Waals surface area (Å²) in [5, 5.41) is 29.4. The Morgan fingerprint density at radius 3 is 2.45 bits per heavy atom. The lowest BCUT2D eigenvalue weighted by Gasteiger charge is -2.28. The van der Waals surface area contributed by atoms with E-state index >= 15 is 0 Å². The molecular weight excluding hydrogens is 374 g/mol. The van der Waals surface area contributed by atoms with Crippen LogP contribution in [0.5, 0.6) is 11.5 Å². The van der Waals surface area contributed by atoms with Crippen molar-refractivity contribution in [1.82, 2.24) is 0 Å². The number of hydrogen-bond donors (Lipinski definition) is 4. The highest BCUT2D eigenvalue weighted by Gasteiger charge is 2.26. The fourth-order valence-corrected chi connectivity index (χ4v) is 3.22. The van der Waals surface area contributed by atoms with Crippen molar-refractivity contribution in [2.45, 2.75) is 58.6 Å². The van der Waals surface area contributed by atoms with E-state index in [0.29, 0.717) is 31.3 Å². The molecule has 0 aromatic heterocycles. The molecule has 0 heterocycles. The molecule has 7 nitrogen and oxygen atoms in total. The van der Waals surface area contributed by atoms with Crippen LogP contribution >= 0.6 is 0 Å². The van der Waals surface area contributed by atoms with Crippen molar-refractivity contribution < 1.29 is 29.6 Å². The van der Waals surface area contributed by atoms with Gasteiger partial charge in [-0.1, -0.05) is 26.8 Å². The SMILES string of the molecule is COCCCOc1cc(CC(CC(N)C(O)CC(C)C(=O)O)C(C)C)ccc1O. The maximum Gasteiger partial charge on any atom is 0.306 e. The molecule has 1 aromatic carbocycles. The highest BCUT2D eigenvalue weighted by molar-refractivity contribution is 5.69. The Morgan fingerprint density at radius 2 is 1.86 bits per heavy atom. The van der Waals surface area contributed by atoms with Gasteiger partial charge in [-0.25, -0.2) is 0 Å². The highest BCUT2D eigenvalue weighted by Crippen LogP contribution is 2.30. The summed E-state index contributed by atoms with van der Waals surface area (Å²) >= 11 is 0. The molecule has 0 bridgehead atoms. The number of carboxylic acids is 1. The Balaban J connectivity index is 2.74. The zero-order valence-corrected chi connectivity index (χ0v) is 18.0. The van der Waals surface area contributed by atoms with Crippen LogP contribution in [0.2, 0.25) is 0 Å². The first-order valence-electron chi connectivity index (χ1n) is 10.3. The van der Waals surface area contributed by atoms with Gasteiger partial charge in [-0.15, -0.1) is 0 Å². The third kappa shape index (κ3) is 9.02. The van der Waals surface area contributed by atoms with Crippen molar-refractivity contribution in [2.75, 3.05) is 20.3 Å². The Labute approximate surface area is 173 Å². The van der Waals surface area contributed by atoms with Gasteiger partial charge in [0, 0.05) is 26.2 Å². The number of aliphatic hydroxyl groups excluding tert-OH is 1. The number of carbonyl (C=O) groups is 1. The standard InChI is InChI=1S/C22H37NO6/c1-14(2)17(13-18(23)20(25)10-15(3)22(26)27)11-16-6-7-19(24)21(12-16)29-9-5-8-28-4/h6-7,12,14-15,17-18,20,24-25H,5,8-11,13,23H2,1-4H3,(H,26,27). The molecule has 0 aliphatic rings. The number of nitrogens with two attached hydrogens (primary N) is 1. The van der Waals surface area contributed by atoms with E-state index in [1.807, 2.05) is 12.1 Å². The molecule has 0 radical (unpaired) electrons. The fourth-order valence-electron chi connectivity index (χ4n) is 3.22. The molecule has 1 aromatic rings. The van der Waals surface area contributed by atoms with E-state index in [0.717, 1.165) is 18.4 Å². The van der Waals surface area contributed by atoms with Gasteiger partial charge in [0.15, 0.2) is 11.5 Å². The Bertz CT molecular complexity index is 621. The Hall–Kier alpha value is -1.83. The van der Waals surface area contributed by atoms with Crippen LogP contribution in [0.15, 0.2) is 18.2 Å². The molecule has 0 saturated heterocycles. The summed E-state index contributed by atoms with van der Waals surface area (Å²) in [6.07, 6.45) is 1.31. The van der Waals surface area contributed by atoms with Crippen LogP contribution in [-0.4, -0.2) is 53.8 Å². The fraction of sp³-hybridized carbons (Fsp3) is 0.682. The van der Waals surface area contributed by atoms with E-state index in [1.165, 1.54) is 0 Å². The number of rotatable bonds is 14. The summed E-state index contributed by atoms with van der Waals surface area (Å²) in [6, 6.07) is 4.83. The number of aromatic hydroxyl groups is 1. The first-order valence-corrected chi connectivity index (χ1v) is 10.3. The smallest absolute Gasteiger partial charge is 0.306 e. The van der Waals surface area contributed by atoms with Crippen LogP contribution in [-0.2, 0) is 16.0 Å². The number of aliphatic hydroxyl groups is 1. The van der Waals surface area contributed by atoms with Crippen LogP contribution in [0.1, 0.15) is 45.6 Å². The summed E-state index contributed by atoms with van der Waals surface area (Å²) < 4.78 is 10.7. The average molecular weight is 412 g/mol. The molecule has 0 aliphatic heterocycles. The summed E-state index contributed by atoms with van der Waals surface area (Å²) in [6.45, 7) is 6.83. The number of phenols is 1. The van der Waals surface area contributed by atoms with E-state index in [9.17, 15) is 15.0 Å². The molecule has 4 unspecified atom stereocenters. The van der Waals surface area contributed by atoms with E-state index in [1.54, 1.807) is 20.1 Å². The van der Waals surface area contributed by atoms with Crippen LogP contribution in [0.4, 0.5) is 0 Å². The Kier molecular flexibility index (Phi) is 11.0. The lowest BCUT2D eigenvalue weighted by molar-refractivity contribution is -0.142. The Morgan fingerprint density at radius 1 is 1.17 bits per heavy atom. The quantitative estimate of drug-likeness (QED) is 0.347. The second-order valence-corrected chi connectivity index (χ2v) is 8.15. The van der Waals surface area contributed by atoms with E-state index in [2.05, 4.69) is 13.8 Å². The molecular formula is C22H37NO6. The first-order chi connectivity index (χ1) is 13.6. The van der Waals surface area contributed by atoms with Gasteiger partial charge >= 0.3 is 5.97 Å². The van der Waals surface area contributed by atoms with E-state index in [4.69, 9.17) is 20.3 Å². The zero-order valence-electron chi connectivity index (χ0n) is 18.0. The van der Waals surface area contributed by atoms with Crippen LogP contribution in [0.3, 0.4) is 0 Å². The molecule has 1 rings (SSSR count). The number of ether oxygens (including phenoxy) is 2. The largest absolute Gasteiger partial charge is 0.504 e. The molecule has 4 atom stereocenters. The maximum absolute atomic E-state index is 11.0. The van der Waals surface area contributed by atoms with Crippen LogP contribution in [0.25, 0.3) is 0 Å². The molecule has 29 heavy (non-hydrogen) atoms. The minimum Gasteiger partial charge on any atom is -0.504 e. The number of methoxy groups -OCH3 is 1. The molecule has 0 fully saturated rings. The number of aliphatic carboxylic acids is 1. The summed E-state index contributed by atoms with van der Waals surface area (Å²) in [7, 11) is 1.63. The minimum absolute atomic E-state index is 0.0991. The lowest BCUT2D eigenvalue weighted by atomic mass is 9.82. The number of carboxylic acid groups (broad SMARTS) is 1. The van der Waals surface area contributed by atoms with Crippen molar-refractivity contribution >= 4 is 5.97 Å². The van der Waals surface area contributed by atoms with Gasteiger partial charge in [-0.05, 0) is 48.8 Å². The predicted molar refractivity (Wildman–Crippen MR) is 112 cm³/mol. The minimum atomic E-state index is -0.932. The number of hydrogen-bond acceptors (Lipinski definition) is 6. The van der Waals surface area contributed by atoms with Gasteiger partial charge in [0.05, 0.1) is 18.6 Å². The molecule has 0 aliphatic carbocycles. The van der Waals surface area contributed by atoms with Crippen molar-refractivity contribution in [2.24, 2.45) is 23.5 Å². The van der Waals surface area contributed by atoms with Gasteiger partial charge in [0.2, 0.25) is 0 Å². The van der Waals surface area contributed by atoms with Crippen molar-refractivity contribution in [1.29, 1.82) is 0 Å². The molecule has 0 saturated carbocycles. The highest BCUT2D eigenvalue weighted by atomic mass is 16.5. The first kappa shape index (κ1) is 25.2. The van der Waals surface area contributed by atoms with Gasteiger partial charge in [0.25, 0.3) is 0 Å². The predicted octanol–water partition coefficient (Wildman–Crippen LogP) is 2.81. The topological polar surface area (TPSA) is 122 Å². The summed E-state index contributed by atoms with van der Waals surface area (Å²) in [4.78, 5) is 11.0. The number of benzene rings is 1. The summed E-state index contributed by atoms with van der Waals surface area (Å²) in [5.74, 6) is -0.499. The van der Waals surface area contributed by atoms with Gasteiger partial charge < -0.3 is 30.5 Å². The molecule has 7 heteroatoms. The third-order valence-electron chi connectivity index (χ3n) is 5.30. The molecule has 5 N–H and O–H groups in total. The van der Waals surface area contributed by atoms with Crippen molar-refractivity contribution in [3.05, 3.63) is 23.8 Å². The van der Waals surface area contributed by atoms with Crippen LogP contribution < -0.4 is 10.5 Å². The molecule has 166 valence electrons. The van der Waals surface area contributed by atoms with Crippen molar-refractivity contribution in [3.63, 3.8) is 0 Å². The normalized spacial score (nSPS) is 15.7. The zero-order chi connectivity index (χ0) is 22.0. The van der Waals surface area contributed by atoms with Gasteiger partial charge in [-0.3, -0.25) is 4.79 Å². The van der Waals surface area contributed by atoms with Gasteiger partial charge in [-0.2, -0.15) is 0 Å². The summed E-state index contributed by atoms with van der Waals surface area (Å²) in [5.41, 5.74) is 7.20. The van der Waals surface area contributed by atoms with Gasteiger partial charge in [0.1, 0.15) is 0 Å². The van der Waals surface area contributed by atoms with Crippen LogP contribution in [0, 0.1) is 17.8 Å². The van der Waals surface area contributed by atoms with E-state index < -0.39 is 24.0 Å². The monoisotopic (exact) mass is 411 g/mol. The maximum atomic E-state index is 11.0. The molecule has 0 amide bonds. The van der Waals surface area contributed by atoms with E-state index in [-0.39, 0.29) is 18.1 Å². The number of phenolic OH excluding ortho intramolecular Hbond substituents is 1. The third-order valence-corrected chi connectivity index (χ3v) is 5.30. The average Bonchev–Trinajstić information content (AvgIpc) is 2.66. The molecule has 0 spiro atoms. The second kappa shape index (κ2) is 12.7. The second-order valence-electron chi connectivity index (χ2n) is 8.15. The lowest BCUT2D eigenvalue weighted by Crippen LogP contribution is -2.39.